The number of carbonyl (C=O) groups is 1. The van der Waals surface area contributed by atoms with E-state index in [1.165, 1.54) is 6.20 Å². The Kier molecular flexibility index (Phi) is 5.15. The fraction of sp³-hybridized carbons (Fsp3) is 0.200. The Morgan fingerprint density at radius 1 is 1.25 bits per heavy atom. The van der Waals surface area contributed by atoms with Crippen molar-refractivity contribution >= 4 is 33.5 Å². The maximum Gasteiger partial charge on any atom is 0.307 e. The van der Waals surface area contributed by atoms with E-state index in [2.05, 4.69) is 20.9 Å². The van der Waals surface area contributed by atoms with Crippen molar-refractivity contribution in [3.05, 3.63) is 63.3 Å². The van der Waals surface area contributed by atoms with E-state index in [1.807, 2.05) is 24.3 Å². The van der Waals surface area contributed by atoms with Gasteiger partial charge in [0, 0.05) is 16.9 Å². The van der Waals surface area contributed by atoms with Crippen molar-refractivity contribution in [1.29, 1.82) is 0 Å². The zero-order chi connectivity index (χ0) is 14.5. The van der Waals surface area contributed by atoms with Crippen LogP contribution in [0.5, 0.6) is 0 Å². The van der Waals surface area contributed by atoms with Crippen molar-refractivity contribution in [2.24, 2.45) is 5.92 Å². The lowest BCUT2D eigenvalue weighted by molar-refractivity contribution is -0.141. The number of aliphatic carboxylic acids is 1. The predicted octanol–water partition coefficient (Wildman–Crippen LogP) is 3.98. The highest BCUT2D eigenvalue weighted by Gasteiger charge is 2.20. The summed E-state index contributed by atoms with van der Waals surface area (Å²) in [5.74, 6) is -1.35. The molecule has 2 rings (SSSR count). The van der Waals surface area contributed by atoms with Gasteiger partial charge in [-0.2, -0.15) is 0 Å². The van der Waals surface area contributed by atoms with Crippen LogP contribution >= 0.6 is 27.5 Å². The van der Waals surface area contributed by atoms with Crippen molar-refractivity contribution in [2.75, 3.05) is 0 Å². The number of halogens is 2. The highest BCUT2D eigenvalue weighted by Crippen LogP contribution is 2.24. The molecule has 0 saturated carbocycles. The number of carboxylic acids is 1. The lowest BCUT2D eigenvalue weighted by Crippen LogP contribution is -2.19. The number of nitrogens with zero attached hydrogens (tertiary/aromatic N) is 1. The molecule has 0 aliphatic heterocycles. The molecule has 1 unspecified atom stereocenters. The minimum atomic E-state index is -0.825. The molecule has 3 nitrogen and oxygen atoms in total. The van der Waals surface area contributed by atoms with Crippen molar-refractivity contribution in [3.8, 4) is 0 Å². The number of hydrogen-bond acceptors (Lipinski definition) is 2. The van der Waals surface area contributed by atoms with Crippen LogP contribution in [-0.2, 0) is 17.6 Å². The SMILES string of the molecule is O=C(O)C(Cc1ccncc1Cl)Cc1ccccc1Br. The van der Waals surface area contributed by atoms with E-state index in [0.29, 0.717) is 17.9 Å². The first-order valence-electron chi connectivity index (χ1n) is 6.12. The monoisotopic (exact) mass is 353 g/mol. The van der Waals surface area contributed by atoms with E-state index in [0.717, 1.165) is 15.6 Å². The van der Waals surface area contributed by atoms with Crippen LogP contribution < -0.4 is 0 Å². The van der Waals surface area contributed by atoms with Crippen LogP contribution in [0.2, 0.25) is 5.02 Å². The fourth-order valence-corrected chi connectivity index (χ4v) is 2.65. The molecule has 104 valence electrons. The number of pyridine rings is 1. The largest absolute Gasteiger partial charge is 0.481 e. The smallest absolute Gasteiger partial charge is 0.307 e. The van der Waals surface area contributed by atoms with Gasteiger partial charge in [-0.15, -0.1) is 0 Å². The predicted molar refractivity (Wildman–Crippen MR) is 81.9 cm³/mol. The van der Waals surface area contributed by atoms with Crippen LogP contribution in [0, 0.1) is 5.92 Å². The first-order valence-corrected chi connectivity index (χ1v) is 7.29. The summed E-state index contributed by atoms with van der Waals surface area (Å²) in [7, 11) is 0. The first kappa shape index (κ1) is 15.0. The molecule has 2 aromatic rings. The van der Waals surface area contributed by atoms with Crippen molar-refractivity contribution in [2.45, 2.75) is 12.8 Å². The van der Waals surface area contributed by atoms with Crippen LogP contribution in [-0.4, -0.2) is 16.1 Å². The zero-order valence-corrected chi connectivity index (χ0v) is 12.9. The van der Waals surface area contributed by atoms with Gasteiger partial charge in [0.1, 0.15) is 0 Å². The standard InChI is InChI=1S/C15H13BrClNO2/c16-13-4-2-1-3-10(13)7-12(15(19)20)8-11-5-6-18-9-14(11)17/h1-6,9,12H,7-8H2,(H,19,20). The Morgan fingerprint density at radius 3 is 2.60 bits per heavy atom. The summed E-state index contributed by atoms with van der Waals surface area (Å²) in [5.41, 5.74) is 1.78. The van der Waals surface area contributed by atoms with E-state index in [4.69, 9.17) is 11.6 Å². The number of aromatic nitrogens is 1. The molecule has 0 spiro atoms. The van der Waals surface area contributed by atoms with Gasteiger partial charge in [0.25, 0.3) is 0 Å². The Labute approximate surface area is 130 Å². The third-order valence-electron chi connectivity index (χ3n) is 3.10. The lowest BCUT2D eigenvalue weighted by Gasteiger charge is -2.14. The summed E-state index contributed by atoms with van der Waals surface area (Å²) in [5, 5.41) is 9.91. The molecule has 0 fully saturated rings. The molecule has 1 atom stereocenters. The van der Waals surface area contributed by atoms with Gasteiger partial charge in [-0.1, -0.05) is 45.7 Å². The van der Waals surface area contributed by atoms with Gasteiger partial charge in [0.2, 0.25) is 0 Å². The topological polar surface area (TPSA) is 50.2 Å². The molecule has 0 bridgehead atoms. The van der Waals surface area contributed by atoms with E-state index in [-0.39, 0.29) is 0 Å². The Bertz CT molecular complexity index is 571. The minimum absolute atomic E-state index is 0.387. The number of benzene rings is 1. The second kappa shape index (κ2) is 6.86. The Hall–Kier alpha value is -1.39. The summed E-state index contributed by atoms with van der Waals surface area (Å²) in [4.78, 5) is 15.4. The maximum atomic E-state index is 11.5. The van der Waals surface area contributed by atoms with Gasteiger partial charge in [-0.05, 0) is 36.1 Å². The van der Waals surface area contributed by atoms with E-state index >= 15 is 0 Å². The van der Waals surface area contributed by atoms with E-state index in [9.17, 15) is 9.90 Å². The van der Waals surface area contributed by atoms with Gasteiger partial charge in [-0.3, -0.25) is 9.78 Å². The summed E-state index contributed by atoms with van der Waals surface area (Å²) in [6, 6.07) is 9.40. The molecular formula is C15H13BrClNO2. The average Bonchev–Trinajstić information content (AvgIpc) is 2.42. The van der Waals surface area contributed by atoms with Crippen molar-refractivity contribution in [3.63, 3.8) is 0 Å². The molecule has 5 heteroatoms. The molecule has 0 radical (unpaired) electrons. The summed E-state index contributed by atoms with van der Waals surface area (Å²) >= 11 is 9.49. The number of carboxylic acid groups (broad SMARTS) is 1. The number of rotatable bonds is 5. The molecule has 1 aromatic heterocycles. The van der Waals surface area contributed by atoms with Gasteiger partial charge in [0.05, 0.1) is 10.9 Å². The fourth-order valence-electron chi connectivity index (χ4n) is 2.01. The highest BCUT2D eigenvalue weighted by molar-refractivity contribution is 9.10. The van der Waals surface area contributed by atoms with E-state index < -0.39 is 11.9 Å². The van der Waals surface area contributed by atoms with Gasteiger partial charge < -0.3 is 5.11 Å². The Balaban J connectivity index is 2.19. The zero-order valence-electron chi connectivity index (χ0n) is 10.6. The highest BCUT2D eigenvalue weighted by atomic mass is 79.9. The van der Waals surface area contributed by atoms with Crippen LogP contribution in [0.4, 0.5) is 0 Å². The van der Waals surface area contributed by atoms with Crippen LogP contribution in [0.25, 0.3) is 0 Å². The molecule has 0 amide bonds. The second-order valence-corrected chi connectivity index (χ2v) is 5.76. The van der Waals surface area contributed by atoms with E-state index in [1.54, 1.807) is 12.3 Å². The quantitative estimate of drug-likeness (QED) is 0.883. The second-order valence-electron chi connectivity index (χ2n) is 4.50. The molecule has 1 N–H and O–H groups in total. The average molecular weight is 355 g/mol. The summed E-state index contributed by atoms with van der Waals surface area (Å²) in [6.07, 6.45) is 4.00. The normalized spacial score (nSPS) is 12.1. The molecule has 0 saturated heterocycles. The molecule has 1 heterocycles. The van der Waals surface area contributed by atoms with Crippen molar-refractivity contribution < 1.29 is 9.90 Å². The van der Waals surface area contributed by atoms with Gasteiger partial charge in [-0.25, -0.2) is 0 Å². The third kappa shape index (κ3) is 3.81. The first-order chi connectivity index (χ1) is 9.58. The van der Waals surface area contributed by atoms with Crippen LogP contribution in [0.15, 0.2) is 47.2 Å². The van der Waals surface area contributed by atoms with Crippen LogP contribution in [0.3, 0.4) is 0 Å². The van der Waals surface area contributed by atoms with Gasteiger partial charge >= 0.3 is 5.97 Å². The molecule has 20 heavy (non-hydrogen) atoms. The number of hydrogen-bond donors (Lipinski definition) is 1. The molecule has 1 aromatic carbocycles. The Morgan fingerprint density at radius 2 is 1.95 bits per heavy atom. The third-order valence-corrected chi connectivity index (χ3v) is 4.21. The molecular weight excluding hydrogens is 342 g/mol. The lowest BCUT2D eigenvalue weighted by atomic mass is 9.93. The molecule has 0 aliphatic carbocycles. The molecule has 0 aliphatic rings. The summed E-state index contributed by atoms with van der Waals surface area (Å²) < 4.78 is 0.923. The van der Waals surface area contributed by atoms with Gasteiger partial charge in [0.15, 0.2) is 0 Å². The maximum absolute atomic E-state index is 11.5. The summed E-state index contributed by atoms with van der Waals surface area (Å²) in [6.45, 7) is 0. The van der Waals surface area contributed by atoms with Crippen molar-refractivity contribution in [1.82, 2.24) is 4.98 Å². The van der Waals surface area contributed by atoms with Crippen LogP contribution in [0.1, 0.15) is 11.1 Å². The minimum Gasteiger partial charge on any atom is -0.481 e.